The first-order valence-corrected chi connectivity index (χ1v) is 10.2. The largest absolute Gasteiger partial charge is 0.383 e. The van der Waals surface area contributed by atoms with Gasteiger partial charge in [-0.1, -0.05) is 0 Å². The SMILES string of the molecule is COCCNC(=O)[C@]12CCCCN1C[C@@H](NC(=O)c1cnc3ccnn3c1C)C2. The maximum Gasteiger partial charge on any atom is 0.254 e. The molecule has 2 aromatic rings. The van der Waals surface area contributed by atoms with Crippen molar-refractivity contribution in [1.29, 1.82) is 0 Å². The van der Waals surface area contributed by atoms with E-state index in [1.165, 1.54) is 0 Å². The van der Waals surface area contributed by atoms with E-state index in [4.69, 9.17) is 4.74 Å². The summed E-state index contributed by atoms with van der Waals surface area (Å²) in [6.07, 6.45) is 6.79. The summed E-state index contributed by atoms with van der Waals surface area (Å²) in [5.74, 6) is -0.131. The molecule has 0 aromatic carbocycles. The zero-order valence-electron chi connectivity index (χ0n) is 17.0. The molecule has 9 nitrogen and oxygen atoms in total. The number of nitrogens with one attached hydrogen (secondary N) is 2. The van der Waals surface area contributed by atoms with E-state index in [-0.39, 0.29) is 17.9 Å². The first kappa shape index (κ1) is 19.8. The van der Waals surface area contributed by atoms with Crippen LogP contribution in [-0.2, 0) is 9.53 Å². The summed E-state index contributed by atoms with van der Waals surface area (Å²) in [5.41, 5.74) is 1.43. The maximum atomic E-state index is 13.0. The number of methoxy groups -OCH3 is 1. The minimum atomic E-state index is -0.539. The molecule has 0 saturated carbocycles. The number of rotatable bonds is 6. The lowest BCUT2D eigenvalue weighted by atomic mass is 9.84. The molecular formula is C20H28N6O3. The Balaban J connectivity index is 1.48. The zero-order chi connectivity index (χ0) is 20.4. The van der Waals surface area contributed by atoms with Gasteiger partial charge in [0, 0.05) is 38.5 Å². The van der Waals surface area contributed by atoms with E-state index in [1.54, 1.807) is 30.1 Å². The first-order valence-electron chi connectivity index (χ1n) is 10.2. The molecule has 2 amide bonds. The van der Waals surface area contributed by atoms with E-state index in [9.17, 15) is 9.59 Å². The van der Waals surface area contributed by atoms with Crippen molar-refractivity contribution in [2.24, 2.45) is 0 Å². The number of carbonyl (C=O) groups excluding carboxylic acids is 2. The summed E-state index contributed by atoms with van der Waals surface area (Å²) in [7, 11) is 1.62. The van der Waals surface area contributed by atoms with Gasteiger partial charge >= 0.3 is 0 Å². The minimum Gasteiger partial charge on any atom is -0.383 e. The highest BCUT2D eigenvalue weighted by Gasteiger charge is 2.52. The van der Waals surface area contributed by atoms with Crippen LogP contribution < -0.4 is 10.6 Å². The molecule has 2 aliphatic heterocycles. The summed E-state index contributed by atoms with van der Waals surface area (Å²) < 4.78 is 6.71. The van der Waals surface area contributed by atoms with Gasteiger partial charge in [0.05, 0.1) is 24.1 Å². The number of ether oxygens (including phenoxy) is 1. The number of aromatic nitrogens is 3. The molecule has 0 unspecified atom stereocenters. The van der Waals surface area contributed by atoms with Crippen molar-refractivity contribution in [2.75, 3.05) is 33.4 Å². The predicted octanol–water partition coefficient (Wildman–Crippen LogP) is 0.527. The molecule has 0 bridgehead atoms. The van der Waals surface area contributed by atoms with Crippen LogP contribution in [-0.4, -0.2) is 76.2 Å². The quantitative estimate of drug-likeness (QED) is 0.686. The topological polar surface area (TPSA) is 101 Å². The molecule has 4 rings (SSSR count). The van der Waals surface area contributed by atoms with E-state index < -0.39 is 5.54 Å². The number of hydrogen-bond acceptors (Lipinski definition) is 6. The van der Waals surface area contributed by atoms with Gasteiger partial charge in [-0.3, -0.25) is 14.5 Å². The summed E-state index contributed by atoms with van der Waals surface area (Å²) in [5, 5.41) is 10.4. The van der Waals surface area contributed by atoms with Gasteiger partial charge in [-0.2, -0.15) is 5.10 Å². The standard InChI is InChI=1S/C20H28N6O3/c1-14-16(12-22-17-5-7-23-26(14)17)18(27)24-15-11-20(19(28)21-8-10-29-2)6-3-4-9-25(20)13-15/h5,7,12,15H,3-4,6,8-11,13H2,1-2H3,(H,21,28)(H,24,27)/t15-,20+/m0/s1. The Hall–Kier alpha value is -2.52. The lowest BCUT2D eigenvalue weighted by Crippen LogP contribution is -2.57. The fourth-order valence-electron chi connectivity index (χ4n) is 4.68. The van der Waals surface area contributed by atoms with E-state index in [0.717, 1.165) is 31.5 Å². The van der Waals surface area contributed by atoms with Crippen molar-refractivity contribution in [1.82, 2.24) is 30.1 Å². The summed E-state index contributed by atoms with van der Waals surface area (Å²) >= 11 is 0. The third kappa shape index (κ3) is 3.60. The van der Waals surface area contributed by atoms with Crippen LogP contribution in [0.3, 0.4) is 0 Å². The van der Waals surface area contributed by atoms with Gasteiger partial charge in [-0.25, -0.2) is 9.50 Å². The molecule has 2 saturated heterocycles. The van der Waals surface area contributed by atoms with E-state index in [1.807, 2.05) is 6.92 Å². The Morgan fingerprint density at radius 1 is 1.38 bits per heavy atom. The predicted molar refractivity (Wildman–Crippen MR) is 107 cm³/mol. The van der Waals surface area contributed by atoms with Crippen LogP contribution in [0, 0.1) is 6.92 Å². The Morgan fingerprint density at radius 2 is 2.24 bits per heavy atom. The van der Waals surface area contributed by atoms with Crippen LogP contribution in [0.25, 0.3) is 5.65 Å². The van der Waals surface area contributed by atoms with Gasteiger partial charge < -0.3 is 15.4 Å². The van der Waals surface area contributed by atoms with Crippen molar-refractivity contribution in [3.05, 3.63) is 29.7 Å². The van der Waals surface area contributed by atoms with Crippen molar-refractivity contribution < 1.29 is 14.3 Å². The summed E-state index contributed by atoms with van der Waals surface area (Å²) in [6.45, 7) is 4.41. The summed E-state index contributed by atoms with van der Waals surface area (Å²) in [6, 6.07) is 1.72. The van der Waals surface area contributed by atoms with Gasteiger partial charge in [0.25, 0.3) is 5.91 Å². The van der Waals surface area contributed by atoms with Gasteiger partial charge in [0.2, 0.25) is 5.91 Å². The number of aryl methyl sites for hydroxylation is 1. The Morgan fingerprint density at radius 3 is 3.07 bits per heavy atom. The van der Waals surface area contributed by atoms with Crippen LogP contribution in [0.1, 0.15) is 41.7 Å². The molecule has 2 aromatic heterocycles. The molecule has 29 heavy (non-hydrogen) atoms. The lowest BCUT2D eigenvalue weighted by molar-refractivity contribution is -0.134. The summed E-state index contributed by atoms with van der Waals surface area (Å²) in [4.78, 5) is 32.5. The minimum absolute atomic E-state index is 0.0433. The molecule has 2 N–H and O–H groups in total. The van der Waals surface area contributed by atoms with Crippen LogP contribution in [0.15, 0.2) is 18.5 Å². The second-order valence-corrected chi connectivity index (χ2v) is 7.92. The molecule has 156 valence electrons. The van der Waals surface area contributed by atoms with Crippen molar-refractivity contribution in [3.63, 3.8) is 0 Å². The van der Waals surface area contributed by atoms with Gasteiger partial charge in [-0.15, -0.1) is 0 Å². The van der Waals surface area contributed by atoms with Crippen LogP contribution >= 0.6 is 0 Å². The molecule has 2 atom stereocenters. The number of piperidine rings is 1. The average molecular weight is 400 g/mol. The van der Waals surface area contributed by atoms with Gasteiger partial charge in [0.15, 0.2) is 5.65 Å². The van der Waals surface area contributed by atoms with Gasteiger partial charge in [0.1, 0.15) is 5.54 Å². The highest BCUT2D eigenvalue weighted by atomic mass is 16.5. The van der Waals surface area contributed by atoms with Crippen LogP contribution in [0.5, 0.6) is 0 Å². The Labute approximate surface area is 169 Å². The van der Waals surface area contributed by atoms with Gasteiger partial charge in [-0.05, 0) is 39.2 Å². The highest BCUT2D eigenvalue weighted by Crippen LogP contribution is 2.38. The number of amides is 2. The van der Waals surface area contributed by atoms with Crippen molar-refractivity contribution in [3.8, 4) is 0 Å². The average Bonchev–Trinajstić information content (AvgIpc) is 3.33. The normalized spacial score (nSPS) is 24.4. The third-order valence-electron chi connectivity index (χ3n) is 6.15. The fourth-order valence-corrected chi connectivity index (χ4v) is 4.68. The lowest BCUT2D eigenvalue weighted by Gasteiger charge is -2.40. The first-order chi connectivity index (χ1) is 14.0. The van der Waals surface area contributed by atoms with Crippen LogP contribution in [0.2, 0.25) is 0 Å². The van der Waals surface area contributed by atoms with Crippen molar-refractivity contribution in [2.45, 2.75) is 44.2 Å². The Kier molecular flexibility index (Phi) is 5.51. The number of carbonyl (C=O) groups is 2. The molecule has 4 heterocycles. The number of hydrogen-bond donors (Lipinski definition) is 2. The molecule has 0 aliphatic carbocycles. The second kappa shape index (κ2) is 8.08. The smallest absolute Gasteiger partial charge is 0.254 e. The van der Waals surface area contributed by atoms with E-state index in [2.05, 4.69) is 25.6 Å². The number of nitrogens with zero attached hydrogens (tertiary/aromatic N) is 4. The monoisotopic (exact) mass is 400 g/mol. The third-order valence-corrected chi connectivity index (χ3v) is 6.15. The van der Waals surface area contributed by atoms with Crippen LogP contribution in [0.4, 0.5) is 0 Å². The molecule has 9 heteroatoms. The molecule has 0 radical (unpaired) electrons. The molecule has 2 aliphatic rings. The number of fused-ring (bicyclic) bond motifs is 2. The highest BCUT2D eigenvalue weighted by molar-refractivity contribution is 5.95. The second-order valence-electron chi connectivity index (χ2n) is 7.92. The van der Waals surface area contributed by atoms with E-state index >= 15 is 0 Å². The molecule has 2 fully saturated rings. The zero-order valence-corrected chi connectivity index (χ0v) is 17.0. The fraction of sp³-hybridized carbons (Fsp3) is 0.600. The van der Waals surface area contributed by atoms with E-state index in [0.29, 0.717) is 37.3 Å². The molecule has 0 spiro atoms. The Bertz CT molecular complexity index is 913. The maximum absolute atomic E-state index is 13.0. The van der Waals surface area contributed by atoms with Crippen molar-refractivity contribution >= 4 is 17.5 Å². The molecular weight excluding hydrogens is 372 g/mol.